The second-order valence-corrected chi connectivity index (χ2v) is 15.7. The Morgan fingerprint density at radius 1 is 0.842 bits per heavy atom. The number of esters is 3. The van der Waals surface area contributed by atoms with Crippen molar-refractivity contribution in [3.05, 3.63) is 95.0 Å². The Kier molecular flexibility index (Phi) is 17.1. The third-order valence-electron chi connectivity index (χ3n) is 10.2. The zero-order chi connectivity index (χ0) is 40.4. The first kappa shape index (κ1) is 43.1. The first-order valence-electron chi connectivity index (χ1n) is 20.6. The maximum Gasteiger partial charge on any atom is 0.343 e. The quantitative estimate of drug-likeness (QED) is 0.0207. The van der Waals surface area contributed by atoms with Crippen LogP contribution in [0.2, 0.25) is 0 Å². The Labute approximate surface area is 341 Å². The highest BCUT2D eigenvalue weighted by atomic mass is 32.1. The fourth-order valence-corrected chi connectivity index (χ4v) is 7.67. The number of hydrogen-bond acceptors (Lipinski definition) is 11. The van der Waals surface area contributed by atoms with Gasteiger partial charge in [0.05, 0.1) is 40.5 Å². The number of thiazole rings is 1. The smallest absolute Gasteiger partial charge is 0.343 e. The number of fused-ring (bicyclic) bond motifs is 1. The van der Waals surface area contributed by atoms with Gasteiger partial charge in [-0.25, -0.2) is 14.6 Å². The molecule has 0 saturated heterocycles. The number of ether oxygens (including phenoxy) is 4. The van der Waals surface area contributed by atoms with E-state index in [-0.39, 0.29) is 23.6 Å². The summed E-state index contributed by atoms with van der Waals surface area (Å²) < 4.78 is 24.1. The topological polar surface area (TPSA) is 125 Å². The van der Waals surface area contributed by atoms with E-state index in [1.165, 1.54) is 11.3 Å². The van der Waals surface area contributed by atoms with E-state index in [4.69, 9.17) is 29.0 Å². The minimum Gasteiger partial charge on any atom is -0.494 e. The summed E-state index contributed by atoms with van der Waals surface area (Å²) in [5, 5.41) is 5.49. The lowest BCUT2D eigenvalue weighted by molar-refractivity contribution is -0.140. The molecule has 0 aliphatic heterocycles. The van der Waals surface area contributed by atoms with Crippen LogP contribution in [-0.4, -0.2) is 48.4 Å². The van der Waals surface area contributed by atoms with Crippen LogP contribution >= 0.6 is 11.3 Å². The summed E-state index contributed by atoms with van der Waals surface area (Å²) in [5.74, 6) is 0.640. The van der Waals surface area contributed by atoms with Gasteiger partial charge in [-0.2, -0.15) is 5.10 Å². The van der Waals surface area contributed by atoms with Crippen molar-refractivity contribution < 1.29 is 33.3 Å². The van der Waals surface area contributed by atoms with E-state index in [1.54, 1.807) is 49.4 Å². The lowest BCUT2D eigenvalue weighted by atomic mass is 9.81. The minimum absolute atomic E-state index is 0.145. The second kappa shape index (κ2) is 22.6. The van der Waals surface area contributed by atoms with Gasteiger partial charge >= 0.3 is 17.9 Å². The van der Waals surface area contributed by atoms with Crippen LogP contribution in [0.1, 0.15) is 125 Å². The molecule has 4 aromatic rings. The lowest BCUT2D eigenvalue weighted by Crippen LogP contribution is -2.25. The fraction of sp³-hybridized carbons (Fsp3) is 0.457. The van der Waals surface area contributed by atoms with Crippen molar-refractivity contribution in [3.63, 3.8) is 0 Å². The molecular weight excluding hydrogens is 739 g/mol. The molecule has 0 spiro atoms. The number of hydrogen-bond donors (Lipinski definition) is 1. The molecule has 1 aliphatic rings. The number of nitrogens with one attached hydrogen (secondary N) is 1. The number of aromatic nitrogens is 1. The summed E-state index contributed by atoms with van der Waals surface area (Å²) in [6.45, 7) is 11.2. The molecule has 0 atom stereocenters. The lowest BCUT2D eigenvalue weighted by Gasteiger charge is -2.26. The molecule has 1 saturated carbocycles. The number of carbonyl (C=O) groups is 3. The number of hydrazone groups is 1. The Bertz CT molecular complexity index is 1930. The molecule has 3 aromatic carbocycles. The number of benzene rings is 3. The van der Waals surface area contributed by atoms with Crippen LogP contribution in [0, 0.1) is 11.8 Å². The molecule has 5 rings (SSSR count). The molecule has 0 unspecified atom stereocenters. The van der Waals surface area contributed by atoms with Gasteiger partial charge in [0, 0.05) is 12.1 Å². The van der Waals surface area contributed by atoms with Gasteiger partial charge < -0.3 is 24.4 Å². The van der Waals surface area contributed by atoms with Crippen LogP contribution in [0.4, 0.5) is 0 Å². The van der Waals surface area contributed by atoms with Crippen LogP contribution in [0.15, 0.2) is 84.0 Å². The highest BCUT2D eigenvalue weighted by molar-refractivity contribution is 7.20. The highest BCUT2D eigenvalue weighted by Crippen LogP contribution is 2.34. The Balaban J connectivity index is 1.31. The fourth-order valence-electron chi connectivity index (χ4n) is 6.70. The van der Waals surface area contributed by atoms with Crippen molar-refractivity contribution in [1.29, 1.82) is 0 Å². The van der Waals surface area contributed by atoms with E-state index in [0.717, 1.165) is 93.7 Å². The third kappa shape index (κ3) is 13.3. The second-order valence-electron chi connectivity index (χ2n) is 14.7. The number of unbranched alkanes of at least 4 members (excludes halogenated alkanes) is 6. The zero-order valence-corrected chi connectivity index (χ0v) is 34.5. The number of nitrogens with zero attached hydrogens (tertiary/aromatic N) is 2. The van der Waals surface area contributed by atoms with E-state index < -0.39 is 5.97 Å². The van der Waals surface area contributed by atoms with Crippen molar-refractivity contribution in [1.82, 2.24) is 10.4 Å². The molecule has 57 heavy (non-hydrogen) atoms. The average molecular weight is 796 g/mol. The van der Waals surface area contributed by atoms with Crippen molar-refractivity contribution in [2.45, 2.75) is 104 Å². The standard InChI is InChI=1S/C46H57N3O7S/c1-5-7-8-13-28-47-49-42(43-48-39-16-11-12-17-41(39)57-43)38-31-37(55-45(51)34-20-18-33(6-2)19-21-34)26-27-40(38)56-46(52)35-22-24-36(25-23-35)53-29-14-9-10-15-30-54-44(50)32(3)4/h11-12,16-17,22-27,31,33-34,47H,3,5-10,13-15,18-21,28-30H2,1-2,4H3. The molecule has 11 heteroatoms. The first-order valence-corrected chi connectivity index (χ1v) is 21.4. The van der Waals surface area contributed by atoms with E-state index >= 15 is 0 Å². The summed E-state index contributed by atoms with van der Waals surface area (Å²) in [5.41, 5.74) is 5.80. The van der Waals surface area contributed by atoms with Crippen LogP contribution < -0.4 is 19.6 Å². The molecule has 304 valence electrons. The molecule has 1 fully saturated rings. The summed E-state index contributed by atoms with van der Waals surface area (Å²) in [6.07, 6.45) is 12.6. The van der Waals surface area contributed by atoms with Crippen LogP contribution in [-0.2, 0) is 14.3 Å². The molecule has 1 heterocycles. The van der Waals surface area contributed by atoms with Gasteiger partial charge in [0.25, 0.3) is 0 Å². The normalized spacial score (nSPS) is 15.5. The highest BCUT2D eigenvalue weighted by Gasteiger charge is 2.28. The Morgan fingerprint density at radius 2 is 1.56 bits per heavy atom. The largest absolute Gasteiger partial charge is 0.494 e. The van der Waals surface area contributed by atoms with Gasteiger partial charge in [-0.05, 0) is 125 Å². The van der Waals surface area contributed by atoms with Gasteiger partial charge in [0.2, 0.25) is 0 Å². The van der Waals surface area contributed by atoms with Crippen LogP contribution in [0.5, 0.6) is 17.2 Å². The molecule has 0 radical (unpaired) electrons. The molecule has 1 aromatic heterocycles. The number of para-hydroxylation sites is 1. The Morgan fingerprint density at radius 3 is 2.28 bits per heavy atom. The van der Waals surface area contributed by atoms with E-state index in [2.05, 4.69) is 25.9 Å². The van der Waals surface area contributed by atoms with Crippen molar-refractivity contribution >= 4 is 45.2 Å². The predicted octanol–water partition coefficient (Wildman–Crippen LogP) is 10.6. The van der Waals surface area contributed by atoms with Crippen molar-refractivity contribution in [2.24, 2.45) is 16.9 Å². The van der Waals surface area contributed by atoms with E-state index in [0.29, 0.717) is 64.6 Å². The minimum atomic E-state index is -0.552. The van der Waals surface area contributed by atoms with E-state index in [9.17, 15) is 14.4 Å². The maximum atomic E-state index is 13.7. The first-order chi connectivity index (χ1) is 27.7. The molecule has 10 nitrogen and oxygen atoms in total. The number of carbonyl (C=O) groups excluding carboxylic acids is 3. The van der Waals surface area contributed by atoms with Gasteiger partial charge in [-0.1, -0.05) is 58.2 Å². The van der Waals surface area contributed by atoms with Crippen LogP contribution in [0.3, 0.4) is 0 Å². The molecule has 1 N–H and O–H groups in total. The van der Waals surface area contributed by atoms with Crippen molar-refractivity contribution in [2.75, 3.05) is 19.8 Å². The van der Waals surface area contributed by atoms with Gasteiger partial charge in [0.15, 0.2) is 0 Å². The van der Waals surface area contributed by atoms with Crippen molar-refractivity contribution in [3.8, 4) is 17.2 Å². The molecule has 0 bridgehead atoms. The summed E-state index contributed by atoms with van der Waals surface area (Å²) in [6, 6.07) is 19.8. The SMILES string of the molecule is C=C(C)C(=O)OCCCCCCOc1ccc(C(=O)Oc2ccc(OC(=O)C3CCC(CC)CC3)cc2C(=NNCCCCCC)c2nc3ccccc3s2)cc1. The maximum absolute atomic E-state index is 13.7. The van der Waals surface area contributed by atoms with Crippen LogP contribution in [0.25, 0.3) is 10.2 Å². The van der Waals surface area contributed by atoms with E-state index in [1.807, 2.05) is 24.3 Å². The summed E-state index contributed by atoms with van der Waals surface area (Å²) in [4.78, 5) is 43.5. The predicted molar refractivity (Wildman–Crippen MR) is 226 cm³/mol. The van der Waals surface area contributed by atoms with Gasteiger partial charge in [0.1, 0.15) is 28.0 Å². The Hall–Kier alpha value is -5.03. The monoisotopic (exact) mass is 795 g/mol. The summed E-state index contributed by atoms with van der Waals surface area (Å²) in [7, 11) is 0. The summed E-state index contributed by atoms with van der Waals surface area (Å²) >= 11 is 1.49. The third-order valence-corrected chi connectivity index (χ3v) is 11.2. The average Bonchev–Trinajstić information content (AvgIpc) is 3.66. The molecular formula is C46H57N3O7S. The van der Waals surface area contributed by atoms with Gasteiger partial charge in [-0.15, -0.1) is 11.3 Å². The number of rotatable bonds is 22. The molecule has 0 amide bonds. The zero-order valence-electron chi connectivity index (χ0n) is 33.7. The molecule has 1 aliphatic carbocycles. The van der Waals surface area contributed by atoms with Gasteiger partial charge in [-0.3, -0.25) is 4.79 Å².